The highest BCUT2D eigenvalue weighted by atomic mass is 35.5. The molecule has 1 saturated heterocycles. The summed E-state index contributed by atoms with van der Waals surface area (Å²) in [5.74, 6) is 0.278. The highest BCUT2D eigenvalue weighted by Crippen LogP contribution is 2.30. The number of nitrogens with zero attached hydrogens (tertiary/aromatic N) is 4. The molecule has 2 N–H and O–H groups in total. The maximum Gasteiger partial charge on any atom is 0.331 e. The average molecular weight is 593 g/mol. The van der Waals surface area contributed by atoms with E-state index >= 15 is 0 Å². The second-order valence-electron chi connectivity index (χ2n) is 11.2. The Morgan fingerprint density at radius 1 is 1.10 bits per heavy atom. The molecule has 2 heterocycles. The molecule has 12 heteroatoms. The van der Waals surface area contributed by atoms with Crippen LogP contribution in [0.4, 0.5) is 16.2 Å². The number of amides is 3. The molecule has 2 fully saturated rings. The lowest BCUT2D eigenvalue weighted by Crippen LogP contribution is -2.51. The number of hydrogen-bond acceptors (Lipinski definition) is 6. The number of fused-ring (bicyclic) bond motifs is 1. The third-order valence-electron chi connectivity index (χ3n) is 7.55. The van der Waals surface area contributed by atoms with Gasteiger partial charge in [-0.05, 0) is 67.5 Å². The minimum atomic E-state index is -0.916. The average Bonchev–Trinajstić information content (AvgIpc) is 3.80. The third kappa shape index (κ3) is 6.50. The molecular formula is C30H33ClN6O5. The minimum absolute atomic E-state index is 0.0121. The van der Waals surface area contributed by atoms with E-state index < -0.39 is 18.0 Å². The predicted octanol–water partition coefficient (Wildman–Crippen LogP) is 4.02. The van der Waals surface area contributed by atoms with E-state index in [1.165, 1.54) is 21.6 Å². The first-order chi connectivity index (χ1) is 20.1. The quantitative estimate of drug-likeness (QED) is 0.405. The van der Waals surface area contributed by atoms with E-state index in [9.17, 15) is 19.2 Å². The highest BCUT2D eigenvalue weighted by Gasteiger charge is 2.30. The van der Waals surface area contributed by atoms with Gasteiger partial charge in [-0.25, -0.2) is 9.59 Å². The van der Waals surface area contributed by atoms with Crippen LogP contribution in [0.15, 0.2) is 46.0 Å². The molecule has 1 aliphatic heterocycles. The Balaban J connectivity index is 1.32. The Labute approximate surface area is 247 Å². The summed E-state index contributed by atoms with van der Waals surface area (Å²) in [6, 6.07) is 11.1. The van der Waals surface area contributed by atoms with Crippen LogP contribution in [-0.2, 0) is 22.6 Å². The lowest BCUT2D eigenvalue weighted by molar-refractivity contribution is -0.131. The van der Waals surface area contributed by atoms with E-state index in [1.54, 1.807) is 28.8 Å². The zero-order chi connectivity index (χ0) is 30.0. The van der Waals surface area contributed by atoms with Crippen LogP contribution in [0.25, 0.3) is 10.9 Å². The van der Waals surface area contributed by atoms with Crippen molar-refractivity contribution in [2.75, 3.05) is 30.3 Å². The fraction of sp³-hybridized carbons (Fsp3) is 0.433. The van der Waals surface area contributed by atoms with Crippen molar-refractivity contribution in [2.45, 2.75) is 52.3 Å². The van der Waals surface area contributed by atoms with Gasteiger partial charge in [-0.3, -0.25) is 18.7 Å². The number of carbonyl (C=O) groups is 2. The maximum atomic E-state index is 13.4. The van der Waals surface area contributed by atoms with Gasteiger partial charge in [0.25, 0.3) is 11.5 Å². The van der Waals surface area contributed by atoms with Crippen LogP contribution >= 0.6 is 11.6 Å². The fourth-order valence-corrected chi connectivity index (χ4v) is 5.15. The lowest BCUT2D eigenvalue weighted by atomic mass is 10.1. The summed E-state index contributed by atoms with van der Waals surface area (Å²) < 4.78 is 8.60. The Hall–Kier alpha value is -4.14. The van der Waals surface area contributed by atoms with Crippen LogP contribution in [0.1, 0.15) is 38.7 Å². The minimum Gasteiger partial charge on any atom is -0.365 e. The third-order valence-corrected chi connectivity index (χ3v) is 7.86. The molecule has 2 aliphatic rings. The molecule has 1 aromatic heterocycles. The van der Waals surface area contributed by atoms with Gasteiger partial charge in [0, 0.05) is 31.0 Å². The lowest BCUT2D eigenvalue weighted by Gasteiger charge is -2.32. The van der Waals surface area contributed by atoms with Gasteiger partial charge < -0.3 is 20.3 Å². The first kappa shape index (κ1) is 29.4. The molecule has 5 rings (SSSR count). The molecule has 42 heavy (non-hydrogen) atoms. The summed E-state index contributed by atoms with van der Waals surface area (Å²) in [7, 11) is 0. The van der Waals surface area contributed by atoms with E-state index in [-0.39, 0.29) is 36.0 Å². The summed E-state index contributed by atoms with van der Waals surface area (Å²) >= 11 is 6.06. The molecular weight excluding hydrogens is 560 g/mol. The van der Waals surface area contributed by atoms with Crippen LogP contribution in [-0.4, -0.2) is 51.8 Å². The Morgan fingerprint density at radius 3 is 2.52 bits per heavy atom. The maximum absolute atomic E-state index is 13.4. The van der Waals surface area contributed by atoms with Crippen LogP contribution < -0.4 is 21.9 Å². The van der Waals surface area contributed by atoms with E-state index in [0.717, 1.165) is 19.3 Å². The smallest absolute Gasteiger partial charge is 0.331 e. The van der Waals surface area contributed by atoms with Crippen molar-refractivity contribution in [3.8, 4) is 6.07 Å². The number of halogens is 1. The van der Waals surface area contributed by atoms with Crippen LogP contribution in [0, 0.1) is 23.2 Å². The predicted molar refractivity (Wildman–Crippen MR) is 160 cm³/mol. The summed E-state index contributed by atoms with van der Waals surface area (Å²) in [5.41, 5.74) is 1.01. The van der Waals surface area contributed by atoms with E-state index in [2.05, 4.69) is 24.5 Å². The van der Waals surface area contributed by atoms with Gasteiger partial charge in [0.2, 0.25) is 0 Å². The molecule has 1 saturated carbocycles. The van der Waals surface area contributed by atoms with Gasteiger partial charge in [0.15, 0.2) is 6.10 Å². The molecule has 1 aliphatic carbocycles. The second-order valence-corrected chi connectivity index (χ2v) is 11.6. The van der Waals surface area contributed by atoms with Crippen molar-refractivity contribution in [3.05, 3.63) is 67.8 Å². The monoisotopic (exact) mass is 592 g/mol. The molecule has 0 bridgehead atoms. The number of hydrogen-bond donors (Lipinski definition) is 2. The van der Waals surface area contributed by atoms with E-state index in [1.807, 2.05) is 6.07 Å². The van der Waals surface area contributed by atoms with Crippen molar-refractivity contribution in [2.24, 2.45) is 11.8 Å². The number of nitriles is 1. The largest absolute Gasteiger partial charge is 0.365 e. The number of urea groups is 1. The number of rotatable bonds is 8. The number of aromatic nitrogens is 2. The SMILES string of the molecule is CC(C)CCn1c(=O)n(CC2CC2)c(=O)c2cc(NC(=O)N3CCOC(C(=O)Nc4ccc(C#N)c(Cl)c4)C3)ccc21. The molecule has 1 atom stereocenters. The summed E-state index contributed by atoms with van der Waals surface area (Å²) in [4.78, 5) is 54.2. The number of nitrogens with one attached hydrogen (secondary N) is 2. The van der Waals surface area contributed by atoms with Crippen molar-refractivity contribution in [3.63, 3.8) is 0 Å². The van der Waals surface area contributed by atoms with Gasteiger partial charge in [-0.1, -0.05) is 25.4 Å². The van der Waals surface area contributed by atoms with E-state index in [4.69, 9.17) is 21.6 Å². The number of ether oxygens (including phenoxy) is 1. The molecule has 0 radical (unpaired) electrons. The van der Waals surface area contributed by atoms with Crippen molar-refractivity contribution >= 4 is 45.8 Å². The molecule has 3 amide bonds. The molecule has 220 valence electrons. The molecule has 0 spiro atoms. The Bertz CT molecular complexity index is 1690. The van der Waals surface area contributed by atoms with Crippen LogP contribution in [0.2, 0.25) is 5.02 Å². The van der Waals surface area contributed by atoms with Crippen molar-refractivity contribution in [1.82, 2.24) is 14.0 Å². The fourth-order valence-electron chi connectivity index (χ4n) is 4.93. The first-order valence-electron chi connectivity index (χ1n) is 14.1. The Morgan fingerprint density at radius 2 is 1.83 bits per heavy atom. The van der Waals surface area contributed by atoms with Crippen LogP contribution in [0.5, 0.6) is 0 Å². The van der Waals surface area contributed by atoms with Crippen molar-refractivity contribution < 1.29 is 14.3 Å². The van der Waals surface area contributed by atoms with Gasteiger partial charge in [0.05, 0.1) is 34.6 Å². The summed E-state index contributed by atoms with van der Waals surface area (Å²) in [6.07, 6.45) is 1.89. The number of anilines is 2. The highest BCUT2D eigenvalue weighted by molar-refractivity contribution is 6.32. The number of morpholine rings is 1. The summed E-state index contributed by atoms with van der Waals surface area (Å²) in [5, 5.41) is 15.2. The zero-order valence-electron chi connectivity index (χ0n) is 23.6. The first-order valence-corrected chi connectivity index (χ1v) is 14.5. The second kappa shape index (κ2) is 12.4. The topological polar surface area (TPSA) is 138 Å². The number of carbonyl (C=O) groups excluding carboxylic acids is 2. The number of benzene rings is 2. The molecule has 1 unspecified atom stereocenters. The summed E-state index contributed by atoms with van der Waals surface area (Å²) in [6.45, 7) is 5.51. The molecule has 2 aromatic carbocycles. The zero-order valence-corrected chi connectivity index (χ0v) is 24.3. The van der Waals surface area contributed by atoms with E-state index in [0.29, 0.717) is 52.8 Å². The van der Waals surface area contributed by atoms with Crippen LogP contribution in [0.3, 0.4) is 0 Å². The van der Waals surface area contributed by atoms with Gasteiger partial charge in [-0.15, -0.1) is 0 Å². The van der Waals surface area contributed by atoms with Gasteiger partial charge in [-0.2, -0.15) is 5.26 Å². The molecule has 3 aromatic rings. The van der Waals surface area contributed by atoms with Gasteiger partial charge >= 0.3 is 11.7 Å². The number of aryl methyl sites for hydroxylation is 1. The Kier molecular flexibility index (Phi) is 8.66. The van der Waals surface area contributed by atoms with Crippen molar-refractivity contribution in [1.29, 1.82) is 5.26 Å². The normalized spacial score (nSPS) is 16.8. The van der Waals surface area contributed by atoms with Gasteiger partial charge in [0.1, 0.15) is 6.07 Å². The standard InChI is InChI=1S/C30H33ClN6O5/c1-18(2)9-10-36-25-8-7-21(13-23(25)28(39)37(30(36)41)16-19-3-4-19)34-29(40)35-11-12-42-26(17-35)27(38)33-22-6-5-20(15-32)24(31)14-22/h5-8,13-14,18-19,26H,3-4,9-12,16-17H2,1-2H3,(H,33,38)(H,34,40). The molecule has 11 nitrogen and oxygen atoms in total.